The highest BCUT2D eigenvalue weighted by atomic mass is 16.5. The number of ether oxygens (including phenoxy) is 1. The monoisotopic (exact) mass is 455 g/mol. The van der Waals surface area contributed by atoms with E-state index in [0.29, 0.717) is 40.1 Å². The molecule has 0 aromatic heterocycles. The summed E-state index contributed by atoms with van der Waals surface area (Å²) in [5, 5.41) is 3.43. The molecule has 6 aliphatic rings. The maximum Gasteiger partial charge on any atom is 0.220 e. The lowest BCUT2D eigenvalue weighted by molar-refractivity contribution is -0.231. The molecule has 4 saturated carbocycles. The van der Waals surface area contributed by atoms with Crippen molar-refractivity contribution in [3.05, 3.63) is 0 Å². The van der Waals surface area contributed by atoms with E-state index in [9.17, 15) is 4.79 Å². The molecular weight excluding hydrogens is 406 g/mol. The van der Waals surface area contributed by atoms with Crippen molar-refractivity contribution in [1.82, 2.24) is 5.32 Å². The molecule has 9 atom stereocenters. The molecule has 3 nitrogen and oxygen atoms in total. The van der Waals surface area contributed by atoms with E-state index < -0.39 is 0 Å². The average molecular weight is 456 g/mol. The van der Waals surface area contributed by atoms with Crippen molar-refractivity contribution < 1.29 is 9.53 Å². The fourth-order valence-corrected chi connectivity index (χ4v) is 11.8. The molecule has 1 amide bonds. The van der Waals surface area contributed by atoms with E-state index in [2.05, 4.69) is 53.8 Å². The van der Waals surface area contributed by atoms with Gasteiger partial charge in [-0.25, -0.2) is 0 Å². The van der Waals surface area contributed by atoms with Crippen LogP contribution in [0.15, 0.2) is 0 Å². The SMILES string of the molecule is CC1(C)CCC23CC[C@]4(C)C(CCC5[C@@]6(C)CCC(=O)NC(C)(C)C6CC[C@]54C)C2C1OC3. The van der Waals surface area contributed by atoms with E-state index in [0.717, 1.165) is 30.8 Å². The first kappa shape index (κ1) is 22.9. The van der Waals surface area contributed by atoms with Gasteiger partial charge in [-0.1, -0.05) is 34.6 Å². The van der Waals surface area contributed by atoms with Gasteiger partial charge in [0.1, 0.15) is 0 Å². The van der Waals surface area contributed by atoms with Crippen molar-refractivity contribution in [3.63, 3.8) is 0 Å². The number of hydrogen-bond acceptors (Lipinski definition) is 2. The van der Waals surface area contributed by atoms with E-state index in [4.69, 9.17) is 4.74 Å². The minimum atomic E-state index is -0.0988. The molecule has 4 aliphatic carbocycles. The smallest absolute Gasteiger partial charge is 0.220 e. The lowest BCUT2D eigenvalue weighted by atomic mass is 9.32. The summed E-state index contributed by atoms with van der Waals surface area (Å²) in [6.07, 6.45) is 13.1. The average Bonchev–Trinajstić information content (AvgIpc) is 3.01. The first-order valence-electron chi connectivity index (χ1n) is 14.2. The second-order valence-corrected chi connectivity index (χ2v) is 15.5. The standard InChI is InChI=1S/C30H49NO2/c1-25(2)14-16-30-17-15-28(6)19(23(30)24(25)33-18-30)8-9-21-27(5)12-11-22(32)31-26(3,4)20(27)10-13-29(21,28)7/h19-21,23-24H,8-18H2,1-7H3,(H,31,32)/t19?,20?,21?,23?,24?,27-,28+,29+,30?/m0/s1. The molecule has 0 aromatic rings. The van der Waals surface area contributed by atoms with E-state index >= 15 is 0 Å². The van der Waals surface area contributed by atoms with Crippen LogP contribution in [0, 0.1) is 50.7 Å². The van der Waals surface area contributed by atoms with Crippen LogP contribution in [0.3, 0.4) is 0 Å². The Hall–Kier alpha value is -0.570. The largest absolute Gasteiger partial charge is 0.377 e. The summed E-state index contributed by atoms with van der Waals surface area (Å²) in [6, 6.07) is 0. The van der Waals surface area contributed by atoms with Crippen molar-refractivity contribution in [1.29, 1.82) is 0 Å². The zero-order valence-corrected chi connectivity index (χ0v) is 22.5. The normalized spacial score (nSPS) is 56.5. The van der Waals surface area contributed by atoms with Gasteiger partial charge in [-0.05, 0) is 122 Å². The van der Waals surface area contributed by atoms with Crippen LogP contribution in [0.25, 0.3) is 0 Å². The number of nitrogens with one attached hydrogen (secondary N) is 1. The topological polar surface area (TPSA) is 38.3 Å². The summed E-state index contributed by atoms with van der Waals surface area (Å²) < 4.78 is 6.71. The van der Waals surface area contributed by atoms with Crippen LogP contribution >= 0.6 is 0 Å². The fraction of sp³-hybridized carbons (Fsp3) is 0.967. The van der Waals surface area contributed by atoms with Gasteiger partial charge in [0.25, 0.3) is 0 Å². The lowest BCUT2D eigenvalue weighted by Crippen LogP contribution is -2.67. The van der Waals surface area contributed by atoms with Crippen LogP contribution in [0.1, 0.15) is 113 Å². The van der Waals surface area contributed by atoms with Crippen LogP contribution < -0.4 is 5.32 Å². The summed E-state index contributed by atoms with van der Waals surface area (Å²) in [4.78, 5) is 12.7. The first-order chi connectivity index (χ1) is 15.3. The predicted molar refractivity (Wildman–Crippen MR) is 133 cm³/mol. The van der Waals surface area contributed by atoms with Gasteiger partial charge in [0.05, 0.1) is 12.7 Å². The third-order valence-electron chi connectivity index (χ3n) is 13.6. The molecule has 6 unspecified atom stereocenters. The Balaban J connectivity index is 1.40. The number of hydrogen-bond donors (Lipinski definition) is 1. The van der Waals surface area contributed by atoms with E-state index in [1.165, 1.54) is 51.4 Å². The molecular formula is C30H49NO2. The van der Waals surface area contributed by atoms with Crippen molar-refractivity contribution in [2.75, 3.05) is 6.61 Å². The molecule has 0 radical (unpaired) electrons. The van der Waals surface area contributed by atoms with E-state index in [-0.39, 0.29) is 16.9 Å². The Bertz CT molecular complexity index is 863. The number of carbonyl (C=O) groups excluding carboxylic acids is 1. The van der Waals surface area contributed by atoms with Gasteiger partial charge in [0.2, 0.25) is 5.91 Å². The molecule has 2 saturated heterocycles. The number of carbonyl (C=O) groups is 1. The van der Waals surface area contributed by atoms with Gasteiger partial charge < -0.3 is 10.1 Å². The molecule has 0 aromatic carbocycles. The van der Waals surface area contributed by atoms with Crippen LogP contribution in [0.4, 0.5) is 0 Å². The van der Waals surface area contributed by atoms with Crippen LogP contribution in [-0.4, -0.2) is 24.2 Å². The zero-order valence-electron chi connectivity index (χ0n) is 22.5. The van der Waals surface area contributed by atoms with Crippen molar-refractivity contribution >= 4 is 5.91 Å². The Labute approximate surface area is 202 Å². The summed E-state index contributed by atoms with van der Waals surface area (Å²) >= 11 is 0. The molecule has 2 bridgehead atoms. The Morgan fingerprint density at radius 2 is 1.52 bits per heavy atom. The van der Waals surface area contributed by atoms with Crippen LogP contribution in [0.2, 0.25) is 0 Å². The molecule has 2 heterocycles. The second kappa shape index (κ2) is 6.60. The van der Waals surface area contributed by atoms with Gasteiger partial charge in [-0.3, -0.25) is 4.79 Å². The van der Waals surface area contributed by atoms with Gasteiger partial charge in [0.15, 0.2) is 0 Å². The van der Waals surface area contributed by atoms with Crippen LogP contribution in [0.5, 0.6) is 0 Å². The molecule has 1 N–H and O–H groups in total. The number of amides is 1. The number of fused-ring (bicyclic) bond motifs is 5. The zero-order chi connectivity index (χ0) is 23.7. The van der Waals surface area contributed by atoms with Crippen molar-refractivity contribution in [3.8, 4) is 0 Å². The second-order valence-electron chi connectivity index (χ2n) is 15.5. The van der Waals surface area contributed by atoms with Gasteiger partial charge >= 0.3 is 0 Å². The molecule has 186 valence electrons. The van der Waals surface area contributed by atoms with Crippen LogP contribution in [-0.2, 0) is 9.53 Å². The minimum Gasteiger partial charge on any atom is -0.377 e. The van der Waals surface area contributed by atoms with E-state index in [1.807, 2.05) is 0 Å². The molecule has 2 aliphatic heterocycles. The minimum absolute atomic E-state index is 0.0988. The van der Waals surface area contributed by atoms with Gasteiger partial charge in [0, 0.05) is 12.0 Å². The third-order valence-corrected chi connectivity index (χ3v) is 13.6. The Morgan fingerprint density at radius 3 is 2.27 bits per heavy atom. The highest BCUT2D eigenvalue weighted by molar-refractivity contribution is 5.77. The molecule has 3 heteroatoms. The molecule has 33 heavy (non-hydrogen) atoms. The predicted octanol–water partition coefficient (Wildman–Crippen LogP) is 6.75. The third kappa shape index (κ3) is 2.70. The molecule has 6 fully saturated rings. The maximum absolute atomic E-state index is 12.7. The Kier molecular flexibility index (Phi) is 4.57. The maximum atomic E-state index is 12.7. The van der Waals surface area contributed by atoms with Crippen molar-refractivity contribution in [2.24, 2.45) is 50.7 Å². The molecule has 6 rings (SSSR count). The van der Waals surface area contributed by atoms with Crippen molar-refractivity contribution in [2.45, 2.75) is 124 Å². The van der Waals surface area contributed by atoms with Gasteiger partial charge in [-0.15, -0.1) is 0 Å². The quantitative estimate of drug-likeness (QED) is 0.439. The number of rotatable bonds is 0. The first-order valence-corrected chi connectivity index (χ1v) is 14.2. The van der Waals surface area contributed by atoms with E-state index in [1.54, 1.807) is 0 Å². The summed E-state index contributed by atoms with van der Waals surface area (Å²) in [5.74, 6) is 3.14. The Morgan fingerprint density at radius 1 is 0.788 bits per heavy atom. The summed E-state index contributed by atoms with van der Waals surface area (Å²) in [6.45, 7) is 18.6. The fourth-order valence-electron chi connectivity index (χ4n) is 11.8. The highest BCUT2D eigenvalue weighted by Gasteiger charge is 2.72. The summed E-state index contributed by atoms with van der Waals surface area (Å²) in [5.41, 5.74) is 1.70. The van der Waals surface area contributed by atoms with Gasteiger partial charge in [-0.2, -0.15) is 0 Å². The lowest BCUT2D eigenvalue weighted by Gasteiger charge is -2.72. The molecule has 0 spiro atoms. The highest BCUT2D eigenvalue weighted by Crippen LogP contribution is 2.77. The summed E-state index contributed by atoms with van der Waals surface area (Å²) in [7, 11) is 0.